The van der Waals surface area contributed by atoms with Gasteiger partial charge in [-0.15, -0.1) is 12.4 Å². The molecule has 0 bridgehead atoms. The van der Waals surface area contributed by atoms with Crippen molar-refractivity contribution in [2.24, 2.45) is 5.73 Å². The highest BCUT2D eigenvalue weighted by Gasteiger charge is 2.36. The molecule has 0 aliphatic heterocycles. The van der Waals surface area contributed by atoms with Gasteiger partial charge in [0.15, 0.2) is 0 Å². The van der Waals surface area contributed by atoms with Gasteiger partial charge in [0.1, 0.15) is 5.75 Å². The Morgan fingerprint density at radius 1 is 1.14 bits per heavy atom. The zero-order valence-corrected chi connectivity index (χ0v) is 11.7. The van der Waals surface area contributed by atoms with Gasteiger partial charge >= 0.3 is 12.4 Å². The first-order valence-corrected chi connectivity index (χ1v) is 5.62. The molecule has 0 radical (unpaired) electrons. The topological polar surface area (TPSA) is 35.2 Å². The van der Waals surface area contributed by atoms with Gasteiger partial charge in [-0.1, -0.05) is 6.07 Å². The Hall–Kier alpha value is -1.15. The molecule has 21 heavy (non-hydrogen) atoms. The van der Waals surface area contributed by atoms with Crippen LogP contribution in [0.25, 0.3) is 0 Å². The second-order valence-electron chi connectivity index (χ2n) is 4.21. The van der Waals surface area contributed by atoms with E-state index in [9.17, 15) is 26.3 Å². The van der Waals surface area contributed by atoms with Gasteiger partial charge in [0.2, 0.25) is 0 Å². The zero-order valence-electron chi connectivity index (χ0n) is 10.9. The predicted molar refractivity (Wildman–Crippen MR) is 67.5 cm³/mol. The molecule has 0 saturated heterocycles. The minimum absolute atomic E-state index is 0. The van der Waals surface area contributed by atoms with E-state index in [1.807, 2.05) is 0 Å². The molecule has 2 N–H and O–H groups in total. The van der Waals surface area contributed by atoms with Crippen molar-refractivity contribution < 1.29 is 31.1 Å². The number of halogens is 7. The summed E-state index contributed by atoms with van der Waals surface area (Å²) in [7, 11) is 1.19. The van der Waals surface area contributed by atoms with Crippen molar-refractivity contribution in [2.45, 2.75) is 31.2 Å². The number of hydrogen-bond donors (Lipinski definition) is 1. The zero-order chi connectivity index (χ0) is 15.6. The molecule has 0 unspecified atom stereocenters. The van der Waals surface area contributed by atoms with E-state index < -0.39 is 36.8 Å². The Morgan fingerprint density at radius 3 is 2.14 bits per heavy atom. The lowest BCUT2D eigenvalue weighted by Gasteiger charge is -2.19. The molecule has 0 heterocycles. The fraction of sp³-hybridized carbons (Fsp3) is 0.500. The Kier molecular flexibility index (Phi) is 6.82. The van der Waals surface area contributed by atoms with Crippen LogP contribution >= 0.6 is 12.4 Å². The summed E-state index contributed by atoms with van der Waals surface area (Å²) < 4.78 is 79.5. The molecule has 0 aliphatic carbocycles. The Bertz CT molecular complexity index is 460. The molecule has 1 rings (SSSR count). The second kappa shape index (κ2) is 7.22. The van der Waals surface area contributed by atoms with Crippen LogP contribution in [-0.2, 0) is 6.18 Å². The number of benzene rings is 1. The SMILES string of the molecule is COc1ccc([C@H](N)CCC(F)(F)F)c(C(F)(F)F)c1.Cl. The van der Waals surface area contributed by atoms with Crippen molar-refractivity contribution in [1.29, 1.82) is 0 Å². The molecule has 0 aromatic heterocycles. The third-order valence-electron chi connectivity index (χ3n) is 2.70. The Labute approximate surface area is 123 Å². The van der Waals surface area contributed by atoms with Crippen LogP contribution in [0, 0.1) is 0 Å². The molecule has 0 saturated carbocycles. The summed E-state index contributed by atoms with van der Waals surface area (Å²) >= 11 is 0. The van der Waals surface area contributed by atoms with Crippen LogP contribution in [0.2, 0.25) is 0 Å². The monoisotopic (exact) mass is 337 g/mol. The van der Waals surface area contributed by atoms with Gasteiger partial charge in [0.25, 0.3) is 0 Å². The first kappa shape index (κ1) is 19.9. The van der Waals surface area contributed by atoms with Gasteiger partial charge in [-0.2, -0.15) is 26.3 Å². The molecular weight excluding hydrogens is 324 g/mol. The van der Waals surface area contributed by atoms with E-state index in [2.05, 4.69) is 4.74 Å². The fourth-order valence-electron chi connectivity index (χ4n) is 1.71. The number of nitrogens with two attached hydrogens (primary N) is 1. The number of ether oxygens (including phenoxy) is 1. The Balaban J connectivity index is 0.00000400. The van der Waals surface area contributed by atoms with E-state index in [0.717, 1.165) is 12.1 Å². The lowest BCUT2D eigenvalue weighted by atomic mass is 9.96. The minimum atomic E-state index is -4.71. The van der Waals surface area contributed by atoms with Crippen LogP contribution in [0.4, 0.5) is 26.3 Å². The maximum atomic E-state index is 12.9. The third-order valence-corrected chi connectivity index (χ3v) is 2.70. The van der Waals surface area contributed by atoms with Crippen LogP contribution in [0.15, 0.2) is 18.2 Å². The highest BCUT2D eigenvalue weighted by molar-refractivity contribution is 5.85. The summed E-state index contributed by atoms with van der Waals surface area (Å²) in [4.78, 5) is 0. The summed E-state index contributed by atoms with van der Waals surface area (Å²) in [6, 6.07) is 1.66. The molecule has 1 aromatic rings. The van der Waals surface area contributed by atoms with Gasteiger partial charge < -0.3 is 10.5 Å². The first-order valence-electron chi connectivity index (χ1n) is 5.62. The van der Waals surface area contributed by atoms with Crippen LogP contribution in [-0.4, -0.2) is 13.3 Å². The highest BCUT2D eigenvalue weighted by atomic mass is 35.5. The van der Waals surface area contributed by atoms with Gasteiger partial charge in [-0.25, -0.2) is 0 Å². The van der Waals surface area contributed by atoms with Crippen molar-refractivity contribution in [3.8, 4) is 5.75 Å². The molecule has 0 fully saturated rings. The van der Waals surface area contributed by atoms with E-state index in [-0.39, 0.29) is 23.7 Å². The van der Waals surface area contributed by atoms with Gasteiger partial charge in [-0.3, -0.25) is 0 Å². The van der Waals surface area contributed by atoms with E-state index in [4.69, 9.17) is 5.73 Å². The van der Waals surface area contributed by atoms with Crippen molar-refractivity contribution in [2.75, 3.05) is 7.11 Å². The normalized spacial score (nSPS) is 13.5. The van der Waals surface area contributed by atoms with E-state index >= 15 is 0 Å². The number of hydrogen-bond acceptors (Lipinski definition) is 2. The highest BCUT2D eigenvalue weighted by Crippen LogP contribution is 2.38. The summed E-state index contributed by atoms with van der Waals surface area (Å²) in [6.45, 7) is 0. The second-order valence-corrected chi connectivity index (χ2v) is 4.21. The summed E-state index contributed by atoms with van der Waals surface area (Å²) in [5, 5.41) is 0. The van der Waals surface area contributed by atoms with Crippen LogP contribution in [0.5, 0.6) is 5.75 Å². The van der Waals surface area contributed by atoms with Gasteiger partial charge in [-0.05, 0) is 24.1 Å². The summed E-state index contributed by atoms with van der Waals surface area (Å²) in [6.07, 6.45) is -11.0. The molecule has 0 aliphatic rings. The van der Waals surface area contributed by atoms with Gasteiger partial charge in [0, 0.05) is 12.5 Å². The molecule has 0 spiro atoms. The molecule has 0 amide bonds. The van der Waals surface area contributed by atoms with Crippen molar-refractivity contribution >= 4 is 12.4 Å². The van der Waals surface area contributed by atoms with Crippen LogP contribution < -0.4 is 10.5 Å². The van der Waals surface area contributed by atoms with Crippen molar-refractivity contribution in [3.05, 3.63) is 29.3 Å². The maximum absolute atomic E-state index is 12.9. The van der Waals surface area contributed by atoms with Crippen molar-refractivity contribution in [3.63, 3.8) is 0 Å². The molecule has 1 aromatic carbocycles. The molecular formula is C12H14ClF6NO. The Morgan fingerprint density at radius 2 is 1.71 bits per heavy atom. The molecule has 2 nitrogen and oxygen atoms in total. The minimum Gasteiger partial charge on any atom is -0.497 e. The largest absolute Gasteiger partial charge is 0.497 e. The fourth-order valence-corrected chi connectivity index (χ4v) is 1.71. The molecule has 9 heteroatoms. The van der Waals surface area contributed by atoms with Crippen molar-refractivity contribution in [1.82, 2.24) is 0 Å². The molecule has 122 valence electrons. The first-order chi connectivity index (χ1) is 9.04. The van der Waals surface area contributed by atoms with E-state index in [0.29, 0.717) is 0 Å². The van der Waals surface area contributed by atoms with E-state index in [1.54, 1.807) is 0 Å². The van der Waals surface area contributed by atoms with Crippen LogP contribution in [0.1, 0.15) is 30.0 Å². The van der Waals surface area contributed by atoms with Crippen LogP contribution in [0.3, 0.4) is 0 Å². The van der Waals surface area contributed by atoms with Gasteiger partial charge in [0.05, 0.1) is 12.7 Å². The lowest BCUT2D eigenvalue weighted by Crippen LogP contribution is -2.20. The lowest BCUT2D eigenvalue weighted by molar-refractivity contribution is -0.139. The summed E-state index contributed by atoms with van der Waals surface area (Å²) in [5.41, 5.74) is 4.00. The third kappa shape index (κ3) is 6.01. The van der Waals surface area contributed by atoms with E-state index in [1.165, 1.54) is 13.2 Å². The summed E-state index contributed by atoms with van der Waals surface area (Å²) in [5.74, 6) is -0.0379. The molecule has 1 atom stereocenters. The maximum Gasteiger partial charge on any atom is 0.416 e. The number of methoxy groups -OCH3 is 1. The average Bonchev–Trinajstić information content (AvgIpc) is 2.33. The number of alkyl halides is 6. The smallest absolute Gasteiger partial charge is 0.416 e. The standard InChI is InChI=1S/C12H13F6NO.ClH/c1-20-7-2-3-8(9(6-7)12(16,17)18)10(19)4-5-11(13,14)15;/h2-3,6,10H,4-5,19H2,1H3;1H/t10-;/m1./s1. The predicted octanol–water partition coefficient (Wildman–Crippen LogP) is 4.48. The number of rotatable bonds is 4. The average molecular weight is 338 g/mol. The quantitative estimate of drug-likeness (QED) is 0.822.